The summed E-state index contributed by atoms with van der Waals surface area (Å²) in [5.74, 6) is 0. The molecule has 0 fully saturated rings. The molecule has 0 unspecified atom stereocenters. The van der Waals surface area contributed by atoms with Crippen molar-refractivity contribution in [3.05, 3.63) is 291 Å². The number of benzene rings is 15. The molecule has 15 aromatic carbocycles. The van der Waals surface area contributed by atoms with Crippen molar-refractivity contribution in [1.82, 2.24) is 9.13 Å². The average molecular weight is 1010 g/mol. The number of rotatable bonds is 6. The van der Waals surface area contributed by atoms with E-state index in [1.54, 1.807) is 0 Å². The molecular weight excluding hydrogens is 965 g/mol. The van der Waals surface area contributed by atoms with Crippen molar-refractivity contribution >= 4 is 108 Å². The van der Waals surface area contributed by atoms with E-state index in [1.807, 2.05) is 0 Å². The van der Waals surface area contributed by atoms with E-state index in [1.165, 1.54) is 153 Å². The second-order valence-corrected chi connectivity index (χ2v) is 21.5. The molecule has 0 radical (unpaired) electrons. The van der Waals surface area contributed by atoms with Gasteiger partial charge >= 0.3 is 0 Å². The Morgan fingerprint density at radius 1 is 0.163 bits per heavy atom. The fraction of sp³-hybridized carbons (Fsp3) is 0. The van der Waals surface area contributed by atoms with Crippen LogP contribution in [0.3, 0.4) is 0 Å². The molecule has 80 heavy (non-hydrogen) atoms. The van der Waals surface area contributed by atoms with Crippen molar-refractivity contribution in [2.75, 3.05) is 0 Å². The van der Waals surface area contributed by atoms with Gasteiger partial charge in [-0.15, -0.1) is 0 Å². The van der Waals surface area contributed by atoms with E-state index < -0.39 is 0 Å². The van der Waals surface area contributed by atoms with E-state index in [0.717, 1.165) is 11.4 Å². The first-order valence-corrected chi connectivity index (χ1v) is 27.7. The van der Waals surface area contributed by atoms with Crippen LogP contribution in [0, 0.1) is 0 Å². The fourth-order valence-corrected chi connectivity index (χ4v) is 13.8. The van der Waals surface area contributed by atoms with Crippen molar-refractivity contribution in [2.24, 2.45) is 0 Å². The van der Waals surface area contributed by atoms with E-state index in [9.17, 15) is 0 Å². The number of aromatic nitrogens is 2. The Morgan fingerprint density at radius 3 is 1.20 bits per heavy atom. The summed E-state index contributed by atoms with van der Waals surface area (Å²) >= 11 is 0. The highest BCUT2D eigenvalue weighted by Gasteiger charge is 2.21. The Bertz CT molecular complexity index is 5350. The van der Waals surface area contributed by atoms with Crippen molar-refractivity contribution in [2.45, 2.75) is 0 Å². The molecule has 0 amide bonds. The van der Waals surface area contributed by atoms with Gasteiger partial charge < -0.3 is 9.13 Å². The third-order valence-electron chi connectivity index (χ3n) is 17.3. The molecule has 0 aliphatic carbocycles. The highest BCUT2D eigenvalue weighted by Crippen LogP contribution is 2.47. The van der Waals surface area contributed by atoms with Gasteiger partial charge in [0.05, 0.1) is 22.1 Å². The largest absolute Gasteiger partial charge is 0.309 e. The molecule has 2 heteroatoms. The van der Waals surface area contributed by atoms with Crippen LogP contribution < -0.4 is 0 Å². The minimum absolute atomic E-state index is 1.16. The summed E-state index contributed by atoms with van der Waals surface area (Å²) in [6.45, 7) is 0. The quantitative estimate of drug-likeness (QED) is 0.147. The van der Waals surface area contributed by atoms with Crippen LogP contribution in [0.5, 0.6) is 0 Å². The maximum Gasteiger partial charge on any atom is 0.0547 e. The van der Waals surface area contributed by atoms with Crippen LogP contribution in [0.2, 0.25) is 0 Å². The number of hydrogen-bond donors (Lipinski definition) is 0. The molecule has 0 saturated heterocycles. The molecule has 0 saturated carbocycles. The van der Waals surface area contributed by atoms with E-state index in [0.29, 0.717) is 0 Å². The summed E-state index contributed by atoms with van der Waals surface area (Å²) < 4.78 is 4.80. The second-order valence-electron chi connectivity index (χ2n) is 21.5. The Balaban J connectivity index is 0.815. The predicted octanol–water partition coefficient (Wildman–Crippen LogP) is 21.5. The lowest BCUT2D eigenvalue weighted by Crippen LogP contribution is -1.93. The molecule has 0 aliphatic rings. The average Bonchev–Trinajstić information content (AvgIpc) is 4.18. The maximum atomic E-state index is 2.46. The monoisotopic (exact) mass is 1010 g/mol. The first-order chi connectivity index (χ1) is 39.7. The van der Waals surface area contributed by atoms with Crippen molar-refractivity contribution < 1.29 is 0 Å². The van der Waals surface area contributed by atoms with Crippen LogP contribution in [0.1, 0.15) is 0 Å². The molecule has 0 spiro atoms. The van der Waals surface area contributed by atoms with Gasteiger partial charge in [-0.05, 0) is 176 Å². The van der Waals surface area contributed by atoms with Crippen LogP contribution in [-0.4, -0.2) is 9.13 Å². The lowest BCUT2D eigenvalue weighted by Gasteiger charge is -2.18. The third-order valence-corrected chi connectivity index (χ3v) is 17.3. The Morgan fingerprint density at radius 2 is 0.525 bits per heavy atom. The normalized spacial score (nSPS) is 12.0. The van der Waals surface area contributed by atoms with Gasteiger partial charge in [0.1, 0.15) is 0 Å². The summed E-state index contributed by atoms with van der Waals surface area (Å²) in [5.41, 5.74) is 16.8. The zero-order valence-electron chi connectivity index (χ0n) is 43.6. The third kappa shape index (κ3) is 6.60. The number of nitrogens with zero attached hydrogens (tertiary/aromatic N) is 2. The van der Waals surface area contributed by atoms with Crippen molar-refractivity contribution in [1.29, 1.82) is 0 Å². The van der Waals surface area contributed by atoms with Crippen LogP contribution in [0.25, 0.3) is 164 Å². The highest BCUT2D eigenvalue weighted by atomic mass is 15.0. The van der Waals surface area contributed by atoms with Gasteiger partial charge in [-0.25, -0.2) is 0 Å². The zero-order chi connectivity index (χ0) is 52.4. The predicted molar refractivity (Wildman–Crippen MR) is 342 cm³/mol. The molecule has 370 valence electrons. The number of fused-ring (bicyclic) bond motifs is 18. The van der Waals surface area contributed by atoms with Crippen LogP contribution in [-0.2, 0) is 0 Å². The summed E-state index contributed by atoms with van der Waals surface area (Å²) in [6.07, 6.45) is 0. The molecule has 2 nitrogen and oxygen atoms in total. The van der Waals surface area contributed by atoms with Gasteiger partial charge in [-0.1, -0.05) is 224 Å². The van der Waals surface area contributed by atoms with Gasteiger partial charge in [0.15, 0.2) is 0 Å². The first-order valence-electron chi connectivity index (χ1n) is 27.7. The fourth-order valence-electron chi connectivity index (χ4n) is 13.8. The van der Waals surface area contributed by atoms with Gasteiger partial charge in [0.2, 0.25) is 0 Å². The van der Waals surface area contributed by atoms with Crippen LogP contribution in [0.4, 0.5) is 0 Å². The molecule has 0 bridgehead atoms. The van der Waals surface area contributed by atoms with Gasteiger partial charge in [-0.2, -0.15) is 0 Å². The SMILES string of the molecule is c1ccc(-n2c3ccccc3c3c(-c4ccccc4-c4ccc5c(c4)c4ccccc4c4cccc(-c6ccc7c8cc(-c9ccc(-n%10c%11ccccc%11c%11ccccc%11%10)cc9)ccc8c8ccccc8c7c6)c45)cccc32)cc1. The lowest BCUT2D eigenvalue weighted by atomic mass is 9.86. The maximum absolute atomic E-state index is 2.46. The first kappa shape index (κ1) is 44.6. The summed E-state index contributed by atoms with van der Waals surface area (Å²) in [5, 5.41) is 20.2. The topological polar surface area (TPSA) is 9.86 Å². The smallest absolute Gasteiger partial charge is 0.0547 e. The van der Waals surface area contributed by atoms with E-state index >= 15 is 0 Å². The highest BCUT2D eigenvalue weighted by molar-refractivity contribution is 6.30. The number of hydrogen-bond acceptors (Lipinski definition) is 0. The van der Waals surface area contributed by atoms with E-state index in [2.05, 4.69) is 300 Å². The summed E-state index contributed by atoms with van der Waals surface area (Å²) in [4.78, 5) is 0. The molecule has 2 heterocycles. The zero-order valence-corrected chi connectivity index (χ0v) is 43.6. The molecule has 17 rings (SSSR count). The summed E-state index contributed by atoms with van der Waals surface area (Å²) in [7, 11) is 0. The van der Waals surface area contributed by atoms with Crippen LogP contribution in [0.15, 0.2) is 291 Å². The van der Waals surface area contributed by atoms with Crippen molar-refractivity contribution in [3.8, 4) is 55.9 Å². The molecule has 0 N–H and O–H groups in total. The van der Waals surface area contributed by atoms with Gasteiger partial charge in [0.25, 0.3) is 0 Å². The Labute approximate surface area is 461 Å². The van der Waals surface area contributed by atoms with E-state index in [4.69, 9.17) is 0 Å². The second kappa shape index (κ2) is 17.5. The number of para-hydroxylation sites is 4. The Hall–Kier alpha value is -10.5. The van der Waals surface area contributed by atoms with E-state index in [-0.39, 0.29) is 0 Å². The van der Waals surface area contributed by atoms with Crippen LogP contribution >= 0.6 is 0 Å². The molecule has 2 aromatic heterocycles. The summed E-state index contributed by atoms with van der Waals surface area (Å²) in [6, 6.07) is 108. The van der Waals surface area contributed by atoms with Gasteiger partial charge in [0, 0.05) is 32.9 Å². The minimum Gasteiger partial charge on any atom is -0.309 e. The molecule has 0 aliphatic heterocycles. The van der Waals surface area contributed by atoms with Gasteiger partial charge in [-0.3, -0.25) is 0 Å². The molecule has 0 atom stereocenters. The lowest BCUT2D eigenvalue weighted by molar-refractivity contribution is 1.18. The molecular formula is C78H48N2. The Kier molecular flexibility index (Phi) is 9.75. The molecule has 17 aromatic rings. The minimum atomic E-state index is 1.16. The standard InChI is InChI=1S/C78H48N2/c1-2-18-53(19-3-1)80-75-34-15-12-28-69(75)78-67(31-17-35-76(78)80)57-21-5-4-20-55(57)51-40-45-68-72(47-51)61-25-9-7-23-59(61)66-30-16-29-56(77(66)68)52-39-44-63-70-46-50(38-43-62(70)58-22-6-8-24-60(58)71(63)48-52)49-36-41-54(42-37-49)79-73-32-13-10-26-64(73)65-27-11-14-33-74(65)79/h1-48H. The van der Waals surface area contributed by atoms with Crippen molar-refractivity contribution in [3.63, 3.8) is 0 Å².